The van der Waals surface area contributed by atoms with E-state index in [4.69, 9.17) is 0 Å². The summed E-state index contributed by atoms with van der Waals surface area (Å²) in [6.07, 6.45) is 5.85. The minimum atomic E-state index is -0.896. The van der Waals surface area contributed by atoms with Crippen molar-refractivity contribution in [2.75, 3.05) is 17.2 Å². The monoisotopic (exact) mass is 451 g/mol. The molecule has 2 N–H and O–H groups in total. The van der Waals surface area contributed by atoms with Gasteiger partial charge in [0, 0.05) is 23.5 Å². The molecule has 1 fully saturated rings. The molecule has 12 nitrogen and oxygen atoms in total. The molecule has 1 aliphatic carbocycles. The Kier molecular flexibility index (Phi) is 7.59. The predicted octanol–water partition coefficient (Wildman–Crippen LogP) is 4.84. The zero-order valence-corrected chi connectivity index (χ0v) is 17.6. The molecule has 33 heavy (non-hydrogen) atoms. The van der Waals surface area contributed by atoms with Gasteiger partial charge in [-0.1, -0.05) is 25.3 Å². The zero-order valence-electron chi connectivity index (χ0n) is 17.6. The molecule has 12 heteroatoms. The van der Waals surface area contributed by atoms with Crippen LogP contribution >= 0.6 is 0 Å². The number of nitro groups is 2. The van der Waals surface area contributed by atoms with Crippen LogP contribution < -0.4 is 10.6 Å². The number of anilines is 2. The van der Waals surface area contributed by atoms with E-state index < -0.39 is 39.4 Å². The van der Waals surface area contributed by atoms with Crippen LogP contribution in [0, 0.1) is 31.6 Å². The van der Waals surface area contributed by atoms with Gasteiger partial charge in [0.25, 0.3) is 5.69 Å². The van der Waals surface area contributed by atoms with E-state index in [1.807, 2.05) is 12.1 Å². The SMILES string of the molecule is N#Cc1cc([N+](=O)[O-])cc([N+](=O)[O-])c1N=NCC(=O)Nc1cccc(NC2CCCCC2)c1. The Morgan fingerprint density at radius 2 is 1.82 bits per heavy atom. The minimum absolute atomic E-state index is 0.387. The van der Waals surface area contributed by atoms with Gasteiger partial charge in [-0.25, -0.2) is 0 Å². The van der Waals surface area contributed by atoms with E-state index >= 15 is 0 Å². The number of nitrogens with one attached hydrogen (secondary N) is 2. The van der Waals surface area contributed by atoms with Crippen molar-refractivity contribution in [2.24, 2.45) is 10.2 Å². The molecular weight excluding hydrogens is 430 g/mol. The highest BCUT2D eigenvalue weighted by atomic mass is 16.6. The summed E-state index contributed by atoms with van der Waals surface area (Å²) in [5.41, 5.74) is -0.749. The predicted molar refractivity (Wildman–Crippen MR) is 119 cm³/mol. The van der Waals surface area contributed by atoms with Crippen LogP contribution in [-0.4, -0.2) is 28.3 Å². The van der Waals surface area contributed by atoms with E-state index in [0.29, 0.717) is 17.8 Å². The number of azo groups is 1. The van der Waals surface area contributed by atoms with E-state index in [1.54, 1.807) is 18.2 Å². The molecule has 2 aromatic carbocycles. The molecule has 1 amide bonds. The first-order valence-electron chi connectivity index (χ1n) is 10.3. The third kappa shape index (κ3) is 6.30. The topological polar surface area (TPSA) is 176 Å². The largest absolute Gasteiger partial charge is 0.382 e. The third-order valence-corrected chi connectivity index (χ3v) is 5.11. The van der Waals surface area contributed by atoms with Crippen LogP contribution in [0.4, 0.5) is 28.4 Å². The van der Waals surface area contributed by atoms with E-state index in [9.17, 15) is 30.3 Å². The van der Waals surface area contributed by atoms with Crippen LogP contribution in [0.1, 0.15) is 37.7 Å². The van der Waals surface area contributed by atoms with Gasteiger partial charge in [-0.15, -0.1) is 5.11 Å². The van der Waals surface area contributed by atoms with Gasteiger partial charge in [0.15, 0.2) is 5.69 Å². The molecule has 1 aliphatic rings. The van der Waals surface area contributed by atoms with Gasteiger partial charge in [-0.05, 0) is 31.0 Å². The Labute approximate surface area is 188 Å². The molecule has 0 atom stereocenters. The standard InChI is InChI=1S/C21H21N7O5/c22-12-14-9-18(27(30)31)11-19(28(32)33)21(14)26-23-13-20(29)25-17-8-4-7-16(10-17)24-15-5-2-1-3-6-15/h4,7-11,15,24H,1-3,5-6,13H2,(H,25,29). The molecule has 0 heterocycles. The molecule has 0 spiro atoms. The number of nitro benzene ring substituents is 2. The molecular formula is C21H21N7O5. The Hall–Kier alpha value is -4.40. The van der Waals surface area contributed by atoms with Gasteiger partial charge in [-0.3, -0.25) is 25.0 Å². The van der Waals surface area contributed by atoms with Gasteiger partial charge in [0.05, 0.1) is 21.5 Å². The highest BCUT2D eigenvalue weighted by Crippen LogP contribution is 2.35. The third-order valence-electron chi connectivity index (χ3n) is 5.11. The molecule has 0 bridgehead atoms. The first kappa shape index (κ1) is 23.3. The lowest BCUT2D eigenvalue weighted by Crippen LogP contribution is -2.22. The van der Waals surface area contributed by atoms with Gasteiger partial charge in [0.2, 0.25) is 5.91 Å². The van der Waals surface area contributed by atoms with Gasteiger partial charge in [0.1, 0.15) is 12.6 Å². The molecule has 170 valence electrons. The lowest BCUT2D eigenvalue weighted by atomic mass is 9.95. The highest BCUT2D eigenvalue weighted by molar-refractivity contribution is 5.92. The summed E-state index contributed by atoms with van der Waals surface area (Å²) in [5, 5.41) is 44.8. The average Bonchev–Trinajstić information content (AvgIpc) is 2.79. The number of carbonyl (C=O) groups excluding carboxylic acids is 1. The van der Waals surface area contributed by atoms with Crippen molar-refractivity contribution in [1.29, 1.82) is 5.26 Å². The van der Waals surface area contributed by atoms with Crippen molar-refractivity contribution in [3.05, 3.63) is 62.2 Å². The zero-order chi connectivity index (χ0) is 23.8. The number of nitriles is 1. The van der Waals surface area contributed by atoms with E-state index in [-0.39, 0.29) is 5.56 Å². The van der Waals surface area contributed by atoms with Crippen molar-refractivity contribution in [3.63, 3.8) is 0 Å². The lowest BCUT2D eigenvalue weighted by molar-refractivity contribution is -0.393. The number of nitrogens with zero attached hydrogens (tertiary/aromatic N) is 5. The maximum absolute atomic E-state index is 12.2. The summed E-state index contributed by atoms with van der Waals surface area (Å²) >= 11 is 0. The van der Waals surface area contributed by atoms with Crippen LogP contribution in [-0.2, 0) is 4.79 Å². The van der Waals surface area contributed by atoms with E-state index in [0.717, 1.165) is 24.6 Å². The molecule has 0 saturated heterocycles. The highest BCUT2D eigenvalue weighted by Gasteiger charge is 2.24. The number of hydrogen-bond acceptors (Lipinski definition) is 9. The maximum atomic E-state index is 12.2. The summed E-state index contributed by atoms with van der Waals surface area (Å²) in [6, 6.07) is 10.9. The number of carbonyl (C=O) groups is 1. The Morgan fingerprint density at radius 3 is 2.48 bits per heavy atom. The van der Waals surface area contributed by atoms with E-state index in [2.05, 4.69) is 20.9 Å². The summed E-state index contributed by atoms with van der Waals surface area (Å²) < 4.78 is 0. The van der Waals surface area contributed by atoms with Crippen molar-refractivity contribution in [1.82, 2.24) is 0 Å². The molecule has 0 radical (unpaired) electrons. The molecule has 0 unspecified atom stereocenters. The van der Waals surface area contributed by atoms with Crippen molar-refractivity contribution in [2.45, 2.75) is 38.1 Å². The summed E-state index contributed by atoms with van der Waals surface area (Å²) in [4.78, 5) is 32.7. The van der Waals surface area contributed by atoms with Crippen LogP contribution in [0.25, 0.3) is 0 Å². The van der Waals surface area contributed by atoms with Crippen LogP contribution in [0.5, 0.6) is 0 Å². The second kappa shape index (κ2) is 10.8. The van der Waals surface area contributed by atoms with Crippen LogP contribution in [0.3, 0.4) is 0 Å². The second-order valence-electron chi connectivity index (χ2n) is 7.49. The Bertz CT molecular complexity index is 1140. The lowest BCUT2D eigenvalue weighted by Gasteiger charge is -2.24. The van der Waals surface area contributed by atoms with Gasteiger partial charge < -0.3 is 10.6 Å². The number of non-ortho nitro benzene ring substituents is 1. The molecule has 0 aromatic heterocycles. The quantitative estimate of drug-likeness (QED) is 0.327. The minimum Gasteiger partial charge on any atom is -0.382 e. The number of rotatable bonds is 8. The number of hydrogen-bond donors (Lipinski definition) is 2. The van der Waals surface area contributed by atoms with Gasteiger partial charge >= 0.3 is 5.69 Å². The van der Waals surface area contributed by atoms with Crippen LogP contribution in [0.15, 0.2) is 46.6 Å². The summed E-state index contributed by atoms with van der Waals surface area (Å²) in [5.74, 6) is -0.517. The first-order valence-corrected chi connectivity index (χ1v) is 10.3. The van der Waals surface area contributed by atoms with Gasteiger partial charge in [-0.2, -0.15) is 10.4 Å². The van der Waals surface area contributed by atoms with Crippen molar-refractivity contribution >= 4 is 34.3 Å². The molecule has 0 aliphatic heterocycles. The average molecular weight is 451 g/mol. The number of amides is 1. The fourth-order valence-corrected chi connectivity index (χ4v) is 3.58. The molecule has 2 aromatic rings. The molecule has 3 rings (SSSR count). The normalized spacial score (nSPS) is 13.9. The Balaban J connectivity index is 1.67. The fraction of sp³-hybridized carbons (Fsp3) is 0.333. The summed E-state index contributed by atoms with van der Waals surface area (Å²) in [6.45, 7) is -0.459. The summed E-state index contributed by atoms with van der Waals surface area (Å²) in [7, 11) is 0. The second-order valence-corrected chi connectivity index (χ2v) is 7.49. The van der Waals surface area contributed by atoms with Crippen molar-refractivity contribution in [3.8, 4) is 6.07 Å². The number of benzene rings is 2. The molecule has 1 saturated carbocycles. The Morgan fingerprint density at radius 1 is 1.09 bits per heavy atom. The van der Waals surface area contributed by atoms with E-state index in [1.165, 1.54) is 19.3 Å². The van der Waals surface area contributed by atoms with Crippen LogP contribution in [0.2, 0.25) is 0 Å². The maximum Gasteiger partial charge on any atom is 0.304 e. The smallest absolute Gasteiger partial charge is 0.304 e. The fourth-order valence-electron chi connectivity index (χ4n) is 3.58. The van der Waals surface area contributed by atoms with Crippen molar-refractivity contribution < 1.29 is 14.6 Å². The first-order chi connectivity index (χ1) is 15.9.